The number of carbonyl (C=O) groups is 1. The second kappa shape index (κ2) is 6.36. The Hall–Kier alpha value is -2.44. The van der Waals surface area contributed by atoms with Crippen LogP contribution in [0.25, 0.3) is 0 Å². The molecule has 0 unspecified atom stereocenters. The summed E-state index contributed by atoms with van der Waals surface area (Å²) in [6.07, 6.45) is 4.70. The van der Waals surface area contributed by atoms with Crippen molar-refractivity contribution in [3.8, 4) is 0 Å². The molecule has 122 valence electrons. The molecule has 3 rings (SSSR count). The SMILES string of the molecule is CC(C)n1ccnc1C(=O)N1CCN(c2ccc(F)cn2)CC1. The Balaban J connectivity index is 1.65. The van der Waals surface area contributed by atoms with Gasteiger partial charge in [-0.1, -0.05) is 0 Å². The molecule has 0 atom stereocenters. The van der Waals surface area contributed by atoms with Crippen molar-refractivity contribution in [2.75, 3.05) is 31.1 Å². The molecule has 0 bridgehead atoms. The largest absolute Gasteiger partial charge is 0.353 e. The average molecular weight is 317 g/mol. The molecule has 0 aromatic carbocycles. The van der Waals surface area contributed by atoms with E-state index in [0.717, 1.165) is 5.82 Å². The smallest absolute Gasteiger partial charge is 0.289 e. The summed E-state index contributed by atoms with van der Waals surface area (Å²) < 4.78 is 14.8. The summed E-state index contributed by atoms with van der Waals surface area (Å²) in [6, 6.07) is 3.26. The van der Waals surface area contributed by atoms with Gasteiger partial charge in [0.15, 0.2) is 5.82 Å². The number of piperazine rings is 1. The third kappa shape index (κ3) is 3.18. The zero-order chi connectivity index (χ0) is 16.4. The predicted molar refractivity (Wildman–Crippen MR) is 84.9 cm³/mol. The molecule has 0 N–H and O–H groups in total. The van der Waals surface area contributed by atoms with Crippen molar-refractivity contribution in [1.29, 1.82) is 0 Å². The van der Waals surface area contributed by atoms with Gasteiger partial charge in [-0.2, -0.15) is 0 Å². The van der Waals surface area contributed by atoms with Crippen LogP contribution in [0.1, 0.15) is 30.5 Å². The van der Waals surface area contributed by atoms with Crippen LogP contribution in [0.3, 0.4) is 0 Å². The molecule has 0 saturated carbocycles. The quantitative estimate of drug-likeness (QED) is 0.868. The Morgan fingerprint density at radius 2 is 1.91 bits per heavy atom. The lowest BCUT2D eigenvalue weighted by atomic mass is 10.3. The van der Waals surface area contributed by atoms with E-state index in [1.165, 1.54) is 12.3 Å². The lowest BCUT2D eigenvalue weighted by Gasteiger charge is -2.35. The van der Waals surface area contributed by atoms with Gasteiger partial charge in [-0.3, -0.25) is 4.79 Å². The third-order valence-electron chi connectivity index (χ3n) is 4.02. The fourth-order valence-electron chi connectivity index (χ4n) is 2.73. The first-order valence-corrected chi connectivity index (χ1v) is 7.75. The van der Waals surface area contributed by atoms with E-state index in [4.69, 9.17) is 0 Å². The minimum Gasteiger partial charge on any atom is -0.353 e. The highest BCUT2D eigenvalue weighted by Gasteiger charge is 2.26. The first-order chi connectivity index (χ1) is 11.1. The van der Waals surface area contributed by atoms with E-state index in [1.54, 1.807) is 17.2 Å². The molecule has 2 aromatic heterocycles. The van der Waals surface area contributed by atoms with Crippen molar-refractivity contribution in [3.63, 3.8) is 0 Å². The standard InChI is InChI=1S/C16H20FN5O/c1-12(2)22-6-5-18-15(22)16(23)21-9-7-20(8-10-21)14-4-3-13(17)11-19-14/h3-6,11-12H,7-10H2,1-2H3. The maximum absolute atomic E-state index is 12.9. The molecule has 1 aliphatic heterocycles. The zero-order valence-corrected chi connectivity index (χ0v) is 13.3. The van der Waals surface area contributed by atoms with E-state index in [9.17, 15) is 9.18 Å². The number of pyridine rings is 1. The van der Waals surface area contributed by atoms with Crippen LogP contribution in [0, 0.1) is 5.82 Å². The summed E-state index contributed by atoms with van der Waals surface area (Å²) >= 11 is 0. The lowest BCUT2D eigenvalue weighted by molar-refractivity contribution is 0.0727. The summed E-state index contributed by atoms with van der Waals surface area (Å²) in [5, 5.41) is 0. The van der Waals surface area contributed by atoms with E-state index in [0.29, 0.717) is 32.0 Å². The summed E-state index contributed by atoms with van der Waals surface area (Å²) in [4.78, 5) is 24.8. The van der Waals surface area contributed by atoms with Crippen LogP contribution < -0.4 is 4.90 Å². The Labute approximate surface area is 134 Å². The van der Waals surface area contributed by atoms with Crippen LogP contribution in [0.2, 0.25) is 0 Å². The number of halogens is 1. The minimum atomic E-state index is -0.344. The first-order valence-electron chi connectivity index (χ1n) is 7.75. The van der Waals surface area contributed by atoms with E-state index in [1.807, 2.05) is 24.6 Å². The molecule has 1 amide bonds. The molecule has 1 aliphatic rings. The Bertz CT molecular complexity index is 674. The zero-order valence-electron chi connectivity index (χ0n) is 13.3. The van der Waals surface area contributed by atoms with Crippen LogP contribution >= 0.6 is 0 Å². The average Bonchev–Trinajstić information content (AvgIpc) is 3.05. The number of carbonyl (C=O) groups excluding carboxylic acids is 1. The number of nitrogens with zero attached hydrogens (tertiary/aromatic N) is 5. The summed E-state index contributed by atoms with van der Waals surface area (Å²) in [7, 11) is 0. The van der Waals surface area contributed by atoms with Gasteiger partial charge in [0.05, 0.1) is 6.20 Å². The molecule has 7 heteroatoms. The van der Waals surface area contributed by atoms with Crippen LogP contribution in [-0.4, -0.2) is 51.5 Å². The molecule has 23 heavy (non-hydrogen) atoms. The minimum absolute atomic E-state index is 0.0459. The molecule has 1 saturated heterocycles. The Morgan fingerprint density at radius 3 is 2.52 bits per heavy atom. The van der Waals surface area contributed by atoms with Crippen LogP contribution in [0.15, 0.2) is 30.7 Å². The van der Waals surface area contributed by atoms with Gasteiger partial charge in [0.1, 0.15) is 11.6 Å². The first kappa shape index (κ1) is 15.5. The molecular weight excluding hydrogens is 297 g/mol. The van der Waals surface area contributed by atoms with Crippen LogP contribution in [0.4, 0.5) is 10.2 Å². The molecule has 0 spiro atoms. The molecular formula is C16H20FN5O. The number of rotatable bonds is 3. The van der Waals surface area contributed by atoms with Gasteiger partial charge < -0.3 is 14.4 Å². The normalized spacial score (nSPS) is 15.3. The van der Waals surface area contributed by atoms with Crippen LogP contribution in [0.5, 0.6) is 0 Å². The Morgan fingerprint density at radius 1 is 1.17 bits per heavy atom. The van der Waals surface area contributed by atoms with Gasteiger partial charge in [0.2, 0.25) is 0 Å². The van der Waals surface area contributed by atoms with Gasteiger partial charge in [-0.15, -0.1) is 0 Å². The summed E-state index contributed by atoms with van der Waals surface area (Å²) in [5.74, 6) is 0.828. The fourth-order valence-corrected chi connectivity index (χ4v) is 2.73. The van der Waals surface area contributed by atoms with Crippen molar-refractivity contribution in [3.05, 3.63) is 42.4 Å². The van der Waals surface area contributed by atoms with E-state index in [2.05, 4.69) is 14.9 Å². The molecule has 2 aromatic rings. The van der Waals surface area contributed by atoms with Gasteiger partial charge in [0.25, 0.3) is 5.91 Å². The highest BCUT2D eigenvalue weighted by Crippen LogP contribution is 2.16. The second-order valence-corrected chi connectivity index (χ2v) is 5.87. The monoisotopic (exact) mass is 317 g/mol. The topological polar surface area (TPSA) is 54.3 Å². The highest BCUT2D eigenvalue weighted by atomic mass is 19.1. The number of hydrogen-bond acceptors (Lipinski definition) is 4. The van der Waals surface area contributed by atoms with Gasteiger partial charge in [-0.05, 0) is 26.0 Å². The number of aromatic nitrogens is 3. The van der Waals surface area contributed by atoms with Gasteiger partial charge in [0, 0.05) is 44.6 Å². The number of anilines is 1. The van der Waals surface area contributed by atoms with Gasteiger partial charge >= 0.3 is 0 Å². The van der Waals surface area contributed by atoms with Crippen molar-refractivity contribution < 1.29 is 9.18 Å². The van der Waals surface area contributed by atoms with Gasteiger partial charge in [-0.25, -0.2) is 14.4 Å². The lowest BCUT2D eigenvalue weighted by Crippen LogP contribution is -2.49. The van der Waals surface area contributed by atoms with E-state index in [-0.39, 0.29) is 17.8 Å². The maximum atomic E-state index is 12.9. The number of hydrogen-bond donors (Lipinski definition) is 0. The second-order valence-electron chi connectivity index (χ2n) is 5.87. The van der Waals surface area contributed by atoms with Crippen molar-refractivity contribution in [2.24, 2.45) is 0 Å². The summed E-state index contributed by atoms with van der Waals surface area (Å²) in [5.41, 5.74) is 0. The number of imidazole rings is 1. The molecule has 0 aliphatic carbocycles. The van der Waals surface area contributed by atoms with Crippen molar-refractivity contribution >= 4 is 11.7 Å². The fraction of sp³-hybridized carbons (Fsp3) is 0.438. The number of amides is 1. The molecule has 3 heterocycles. The van der Waals surface area contributed by atoms with E-state index < -0.39 is 0 Å². The molecule has 6 nitrogen and oxygen atoms in total. The van der Waals surface area contributed by atoms with Crippen LogP contribution in [-0.2, 0) is 0 Å². The summed E-state index contributed by atoms with van der Waals surface area (Å²) in [6.45, 7) is 6.60. The maximum Gasteiger partial charge on any atom is 0.289 e. The molecule has 0 radical (unpaired) electrons. The third-order valence-corrected chi connectivity index (χ3v) is 4.02. The molecule has 1 fully saturated rings. The predicted octanol–water partition coefficient (Wildman–Crippen LogP) is 1.96. The highest BCUT2D eigenvalue weighted by molar-refractivity contribution is 5.91. The van der Waals surface area contributed by atoms with Crippen molar-refractivity contribution in [1.82, 2.24) is 19.4 Å². The van der Waals surface area contributed by atoms with E-state index >= 15 is 0 Å². The van der Waals surface area contributed by atoms with Crippen molar-refractivity contribution in [2.45, 2.75) is 19.9 Å². The Kier molecular flexibility index (Phi) is 4.27.